The molecule has 3 aromatic rings. The number of methoxy groups -OCH3 is 2. The third-order valence-electron chi connectivity index (χ3n) is 5.18. The molecule has 8 heteroatoms. The number of anilines is 1. The van der Waals surface area contributed by atoms with Crippen molar-refractivity contribution in [1.82, 2.24) is 4.90 Å². The fourth-order valence-electron chi connectivity index (χ4n) is 3.41. The summed E-state index contributed by atoms with van der Waals surface area (Å²) in [5.74, 6) is -0.0956. The second kappa shape index (κ2) is 10.4. The lowest BCUT2D eigenvalue weighted by atomic mass is 10.0. The van der Waals surface area contributed by atoms with Crippen molar-refractivity contribution >= 4 is 17.5 Å². The Balaban J connectivity index is 1.95. The number of amides is 2. The third kappa shape index (κ3) is 5.47. The van der Waals surface area contributed by atoms with Gasteiger partial charge in [-0.3, -0.25) is 9.59 Å². The van der Waals surface area contributed by atoms with E-state index in [-0.39, 0.29) is 35.2 Å². The minimum absolute atomic E-state index is 0.244. The van der Waals surface area contributed by atoms with Crippen LogP contribution < -0.4 is 14.8 Å². The first-order chi connectivity index (χ1) is 16.2. The van der Waals surface area contributed by atoms with Gasteiger partial charge in [-0.25, -0.2) is 0 Å². The first-order valence-electron chi connectivity index (χ1n) is 10.3. The third-order valence-corrected chi connectivity index (χ3v) is 5.18. The number of rotatable bonds is 8. The number of benzene rings is 3. The quantitative estimate of drug-likeness (QED) is 0.342. The molecule has 0 radical (unpaired) electrons. The van der Waals surface area contributed by atoms with Crippen LogP contribution in [0.15, 0.2) is 67.3 Å². The van der Waals surface area contributed by atoms with Crippen molar-refractivity contribution in [3.05, 3.63) is 78.4 Å². The molecule has 0 spiro atoms. The summed E-state index contributed by atoms with van der Waals surface area (Å²) in [6, 6.07) is 14.7. The summed E-state index contributed by atoms with van der Waals surface area (Å²) in [6.07, 6.45) is 1.11. The summed E-state index contributed by atoms with van der Waals surface area (Å²) in [6.45, 7) is 3.74. The minimum Gasteiger partial charge on any atom is -0.504 e. The van der Waals surface area contributed by atoms with Gasteiger partial charge in [0.1, 0.15) is 11.5 Å². The van der Waals surface area contributed by atoms with E-state index in [1.165, 1.54) is 17.0 Å². The highest BCUT2D eigenvalue weighted by atomic mass is 16.5. The topological polar surface area (TPSA) is 108 Å². The molecule has 0 saturated heterocycles. The first kappa shape index (κ1) is 24.2. The van der Waals surface area contributed by atoms with Crippen molar-refractivity contribution < 1.29 is 29.3 Å². The van der Waals surface area contributed by atoms with Crippen molar-refractivity contribution in [3.8, 4) is 34.1 Å². The van der Waals surface area contributed by atoms with E-state index in [9.17, 15) is 19.8 Å². The summed E-state index contributed by atoms with van der Waals surface area (Å²) in [5, 5.41) is 22.1. The van der Waals surface area contributed by atoms with Gasteiger partial charge < -0.3 is 29.9 Å². The molecule has 3 N–H and O–H groups in total. The number of nitrogens with one attached hydrogen (secondary N) is 1. The summed E-state index contributed by atoms with van der Waals surface area (Å²) in [4.78, 5) is 26.9. The van der Waals surface area contributed by atoms with E-state index < -0.39 is 5.91 Å². The molecule has 34 heavy (non-hydrogen) atoms. The number of ether oxygens (including phenoxy) is 2. The normalized spacial score (nSPS) is 10.3. The van der Waals surface area contributed by atoms with Crippen LogP contribution in [0.25, 0.3) is 11.1 Å². The maximum atomic E-state index is 13.3. The van der Waals surface area contributed by atoms with Gasteiger partial charge in [-0.05, 0) is 59.2 Å². The zero-order valence-electron chi connectivity index (χ0n) is 19.2. The Morgan fingerprint density at radius 1 is 0.941 bits per heavy atom. The van der Waals surface area contributed by atoms with Gasteiger partial charge in [0.05, 0.1) is 25.5 Å². The molecule has 0 atom stereocenters. The van der Waals surface area contributed by atoms with E-state index in [1.807, 2.05) is 12.1 Å². The van der Waals surface area contributed by atoms with Crippen LogP contribution in [0.1, 0.15) is 15.9 Å². The van der Waals surface area contributed by atoms with E-state index in [1.54, 1.807) is 51.6 Å². The zero-order chi connectivity index (χ0) is 24.8. The zero-order valence-corrected chi connectivity index (χ0v) is 19.2. The highest BCUT2D eigenvalue weighted by Gasteiger charge is 2.19. The molecule has 0 aliphatic rings. The minimum atomic E-state index is -0.472. The molecular formula is C26H26N2O6. The maximum absolute atomic E-state index is 13.3. The Morgan fingerprint density at radius 2 is 1.56 bits per heavy atom. The summed E-state index contributed by atoms with van der Waals surface area (Å²) >= 11 is 0. The molecule has 0 heterocycles. The van der Waals surface area contributed by atoms with Crippen molar-refractivity contribution in [3.63, 3.8) is 0 Å². The van der Waals surface area contributed by atoms with Crippen LogP contribution in [0.5, 0.6) is 23.0 Å². The van der Waals surface area contributed by atoms with Crippen LogP contribution in [-0.4, -0.2) is 48.2 Å². The lowest BCUT2D eigenvalue weighted by molar-refractivity contribution is -0.111. The fourth-order valence-corrected chi connectivity index (χ4v) is 3.41. The number of hydrogen-bond acceptors (Lipinski definition) is 6. The molecule has 0 aliphatic heterocycles. The van der Waals surface area contributed by atoms with Crippen LogP contribution in [0.3, 0.4) is 0 Å². The molecule has 0 bridgehead atoms. The van der Waals surface area contributed by atoms with Crippen LogP contribution >= 0.6 is 0 Å². The van der Waals surface area contributed by atoms with Gasteiger partial charge in [0, 0.05) is 19.7 Å². The molecule has 3 rings (SSSR count). The monoisotopic (exact) mass is 462 g/mol. The molecule has 0 fully saturated rings. The first-order valence-corrected chi connectivity index (χ1v) is 10.3. The molecule has 0 aromatic heterocycles. The van der Waals surface area contributed by atoms with Crippen LogP contribution in [0.2, 0.25) is 0 Å². The summed E-state index contributed by atoms with van der Waals surface area (Å²) in [7, 11) is 4.76. The second-order valence-corrected chi connectivity index (χ2v) is 7.54. The molecule has 176 valence electrons. The highest BCUT2D eigenvalue weighted by molar-refractivity contribution is 6.07. The molecule has 3 aromatic carbocycles. The predicted molar refractivity (Wildman–Crippen MR) is 129 cm³/mol. The van der Waals surface area contributed by atoms with Gasteiger partial charge in [0.15, 0.2) is 11.5 Å². The average Bonchev–Trinajstić information content (AvgIpc) is 2.84. The van der Waals surface area contributed by atoms with E-state index >= 15 is 0 Å². The number of aromatic hydroxyl groups is 2. The number of phenols is 2. The molecule has 0 aliphatic carbocycles. The largest absolute Gasteiger partial charge is 0.504 e. The molecule has 2 amide bonds. The molecule has 0 saturated carbocycles. The van der Waals surface area contributed by atoms with Crippen molar-refractivity contribution in [2.75, 3.05) is 26.6 Å². The van der Waals surface area contributed by atoms with Crippen molar-refractivity contribution in [1.29, 1.82) is 0 Å². The predicted octanol–water partition coefficient (Wildman–Crippen LogP) is 4.18. The van der Waals surface area contributed by atoms with Crippen LogP contribution in [0, 0.1) is 0 Å². The lowest BCUT2D eigenvalue weighted by Gasteiger charge is -2.20. The Kier molecular flexibility index (Phi) is 7.43. The molecular weight excluding hydrogens is 436 g/mol. The van der Waals surface area contributed by atoms with Gasteiger partial charge in [0.25, 0.3) is 5.91 Å². The number of carbonyl (C=O) groups is 2. The lowest BCUT2D eigenvalue weighted by Crippen LogP contribution is -2.27. The Labute approximate surface area is 197 Å². The van der Waals surface area contributed by atoms with E-state index in [0.717, 1.165) is 11.6 Å². The number of carbonyl (C=O) groups excluding carboxylic acids is 2. The summed E-state index contributed by atoms with van der Waals surface area (Å²) in [5.41, 5.74) is 2.60. The van der Waals surface area contributed by atoms with Gasteiger partial charge >= 0.3 is 0 Å². The highest BCUT2D eigenvalue weighted by Crippen LogP contribution is 2.33. The standard InChI is InChI=1S/C26H26N2O6/c1-5-25(31)27-22-12-17(18-7-9-23(29)24(30)13-18)6-8-21(22)26(32)28(2)15-16-10-19(33-3)14-20(11-16)34-4/h5-14,29-30H,1,15H2,2-4H3,(H,27,31). The number of nitrogens with zero attached hydrogens (tertiary/aromatic N) is 1. The second-order valence-electron chi connectivity index (χ2n) is 7.54. The molecule has 8 nitrogen and oxygen atoms in total. The van der Waals surface area contributed by atoms with Crippen molar-refractivity contribution in [2.24, 2.45) is 0 Å². The Bertz CT molecular complexity index is 1220. The fraction of sp³-hybridized carbons (Fsp3) is 0.154. The Morgan fingerprint density at radius 3 is 2.15 bits per heavy atom. The van der Waals surface area contributed by atoms with Crippen LogP contribution in [0.4, 0.5) is 5.69 Å². The van der Waals surface area contributed by atoms with Gasteiger partial charge in [-0.15, -0.1) is 0 Å². The van der Waals surface area contributed by atoms with E-state index in [0.29, 0.717) is 22.6 Å². The smallest absolute Gasteiger partial charge is 0.256 e. The van der Waals surface area contributed by atoms with E-state index in [2.05, 4.69) is 11.9 Å². The van der Waals surface area contributed by atoms with E-state index in [4.69, 9.17) is 9.47 Å². The van der Waals surface area contributed by atoms with Gasteiger partial charge in [0.2, 0.25) is 5.91 Å². The van der Waals surface area contributed by atoms with Crippen LogP contribution in [-0.2, 0) is 11.3 Å². The van der Waals surface area contributed by atoms with Gasteiger partial charge in [-0.2, -0.15) is 0 Å². The number of phenolic OH excluding ortho intramolecular Hbond substituents is 2. The average molecular weight is 463 g/mol. The van der Waals surface area contributed by atoms with Crippen molar-refractivity contribution in [2.45, 2.75) is 6.54 Å². The number of hydrogen-bond donors (Lipinski definition) is 3. The maximum Gasteiger partial charge on any atom is 0.256 e. The van der Waals surface area contributed by atoms with Gasteiger partial charge in [-0.1, -0.05) is 18.7 Å². The molecule has 0 unspecified atom stereocenters. The SMILES string of the molecule is C=CC(=O)Nc1cc(-c2ccc(O)c(O)c2)ccc1C(=O)N(C)Cc1cc(OC)cc(OC)c1. The summed E-state index contributed by atoms with van der Waals surface area (Å²) < 4.78 is 10.6. The Hall–Kier alpha value is -4.46.